The van der Waals surface area contributed by atoms with E-state index in [1.807, 2.05) is 45.0 Å². The molecule has 1 atom stereocenters. The van der Waals surface area contributed by atoms with Crippen LogP contribution in [0.3, 0.4) is 0 Å². The van der Waals surface area contributed by atoms with Crippen LogP contribution in [-0.4, -0.2) is 40.3 Å². The van der Waals surface area contributed by atoms with Gasteiger partial charge < -0.3 is 15.5 Å². The summed E-state index contributed by atoms with van der Waals surface area (Å²) in [5, 5.41) is 17.3. The Morgan fingerprint density at radius 2 is 1.93 bits per heavy atom. The van der Waals surface area contributed by atoms with Crippen molar-refractivity contribution in [2.24, 2.45) is 0 Å². The number of nitro groups is 1. The zero-order valence-electron chi connectivity index (χ0n) is 17.3. The van der Waals surface area contributed by atoms with Gasteiger partial charge in [0.2, 0.25) is 5.91 Å². The van der Waals surface area contributed by atoms with Crippen molar-refractivity contribution in [2.45, 2.75) is 45.8 Å². The fourth-order valence-electron chi connectivity index (χ4n) is 3.42. The van der Waals surface area contributed by atoms with Crippen molar-refractivity contribution < 1.29 is 14.5 Å². The number of amides is 2. The van der Waals surface area contributed by atoms with Crippen molar-refractivity contribution in [1.29, 1.82) is 0 Å². The van der Waals surface area contributed by atoms with Gasteiger partial charge in [0.25, 0.3) is 11.6 Å². The monoisotopic (exact) mass is 410 g/mol. The minimum atomic E-state index is -0.544. The van der Waals surface area contributed by atoms with Gasteiger partial charge in [-0.2, -0.15) is 0 Å². The van der Waals surface area contributed by atoms with E-state index in [0.29, 0.717) is 19.5 Å². The fraction of sp³-hybridized carbons (Fsp3) is 0.364. The first-order valence-electron chi connectivity index (χ1n) is 9.94. The molecule has 3 rings (SSSR count). The second-order valence-electron chi connectivity index (χ2n) is 7.85. The van der Waals surface area contributed by atoms with E-state index in [2.05, 4.69) is 10.6 Å². The molecule has 0 bridgehead atoms. The first-order valence-corrected chi connectivity index (χ1v) is 9.94. The Hall–Kier alpha value is -3.42. The highest BCUT2D eigenvalue weighted by Gasteiger charge is 2.33. The number of nitrogens with zero attached hydrogens (tertiary/aromatic N) is 2. The van der Waals surface area contributed by atoms with Crippen LogP contribution in [0.15, 0.2) is 42.5 Å². The van der Waals surface area contributed by atoms with Crippen LogP contribution in [-0.2, 0) is 11.3 Å². The summed E-state index contributed by atoms with van der Waals surface area (Å²) < 4.78 is 0. The highest BCUT2D eigenvalue weighted by Crippen LogP contribution is 2.28. The summed E-state index contributed by atoms with van der Waals surface area (Å²) in [6.45, 7) is 6.72. The number of carbonyl (C=O) groups excluding carboxylic acids is 2. The van der Waals surface area contributed by atoms with Crippen molar-refractivity contribution in [3.8, 4) is 0 Å². The van der Waals surface area contributed by atoms with Crippen LogP contribution >= 0.6 is 0 Å². The second kappa shape index (κ2) is 8.94. The molecular formula is C22H26N4O4. The summed E-state index contributed by atoms with van der Waals surface area (Å²) in [6, 6.07) is 11.6. The largest absolute Gasteiger partial charge is 0.368 e. The Labute approximate surface area is 175 Å². The van der Waals surface area contributed by atoms with Crippen molar-refractivity contribution in [1.82, 2.24) is 10.2 Å². The molecule has 0 saturated carbocycles. The lowest BCUT2D eigenvalue weighted by Gasteiger charge is -2.18. The number of likely N-dealkylation sites (tertiary alicyclic amines) is 1. The topological polar surface area (TPSA) is 105 Å². The number of nitro benzene ring substituents is 1. The molecule has 158 valence electrons. The fourth-order valence-corrected chi connectivity index (χ4v) is 3.42. The first kappa shape index (κ1) is 21.3. The predicted molar refractivity (Wildman–Crippen MR) is 114 cm³/mol. The summed E-state index contributed by atoms with van der Waals surface area (Å²) in [5.41, 5.74) is 2.41. The molecule has 2 amide bonds. The van der Waals surface area contributed by atoms with E-state index < -0.39 is 11.0 Å². The number of rotatable bonds is 7. The number of hydrogen-bond donors (Lipinski definition) is 2. The van der Waals surface area contributed by atoms with Gasteiger partial charge in [0.15, 0.2) is 0 Å². The Bertz CT molecular complexity index is 956. The van der Waals surface area contributed by atoms with Crippen LogP contribution in [0.1, 0.15) is 41.8 Å². The number of benzene rings is 2. The van der Waals surface area contributed by atoms with E-state index in [4.69, 9.17) is 0 Å². The Morgan fingerprint density at radius 1 is 1.23 bits per heavy atom. The van der Waals surface area contributed by atoms with Gasteiger partial charge in [-0.1, -0.05) is 29.8 Å². The van der Waals surface area contributed by atoms with Crippen LogP contribution in [0.25, 0.3) is 0 Å². The minimum Gasteiger partial charge on any atom is -0.368 e. The van der Waals surface area contributed by atoms with E-state index in [-0.39, 0.29) is 34.8 Å². The van der Waals surface area contributed by atoms with Gasteiger partial charge in [-0.3, -0.25) is 19.7 Å². The van der Waals surface area contributed by atoms with Crippen molar-refractivity contribution in [3.05, 3.63) is 69.3 Å². The number of aryl methyl sites for hydroxylation is 1. The van der Waals surface area contributed by atoms with Gasteiger partial charge in [0.1, 0.15) is 11.7 Å². The maximum atomic E-state index is 12.8. The Morgan fingerprint density at radius 3 is 2.57 bits per heavy atom. The molecule has 30 heavy (non-hydrogen) atoms. The van der Waals surface area contributed by atoms with E-state index in [1.165, 1.54) is 18.2 Å². The van der Waals surface area contributed by atoms with Crippen molar-refractivity contribution >= 4 is 23.2 Å². The summed E-state index contributed by atoms with van der Waals surface area (Å²) in [4.78, 5) is 37.7. The molecule has 8 nitrogen and oxygen atoms in total. The lowest BCUT2D eigenvalue weighted by molar-refractivity contribution is -0.384. The van der Waals surface area contributed by atoms with Gasteiger partial charge in [0.05, 0.1) is 4.92 Å². The molecule has 1 fully saturated rings. The molecule has 1 unspecified atom stereocenters. The summed E-state index contributed by atoms with van der Waals surface area (Å²) >= 11 is 0. The Balaban J connectivity index is 1.72. The third kappa shape index (κ3) is 4.94. The molecule has 2 aromatic carbocycles. The van der Waals surface area contributed by atoms with Gasteiger partial charge in [-0.05, 0) is 44.9 Å². The third-order valence-electron chi connectivity index (χ3n) is 5.00. The maximum absolute atomic E-state index is 12.8. The molecule has 0 spiro atoms. The molecule has 1 aliphatic rings. The number of hydrogen-bond acceptors (Lipinski definition) is 5. The summed E-state index contributed by atoms with van der Waals surface area (Å²) in [5.74, 6) is -0.465. The SMILES string of the molecule is Cc1ccc(CN2CCC(Nc3ccc(C(=O)NC(C)C)cc3[N+](=O)[O-])C2=O)cc1. The molecule has 8 heteroatoms. The molecule has 0 aromatic heterocycles. The van der Waals surface area contributed by atoms with Gasteiger partial charge in [-0.25, -0.2) is 0 Å². The van der Waals surface area contributed by atoms with Crippen LogP contribution in [0.5, 0.6) is 0 Å². The predicted octanol–water partition coefficient (Wildman–Crippen LogP) is 3.25. The maximum Gasteiger partial charge on any atom is 0.293 e. The molecule has 0 radical (unpaired) electrons. The molecule has 2 aromatic rings. The average molecular weight is 410 g/mol. The zero-order chi connectivity index (χ0) is 21.8. The van der Waals surface area contributed by atoms with Gasteiger partial charge in [0, 0.05) is 30.8 Å². The first-order chi connectivity index (χ1) is 14.2. The van der Waals surface area contributed by atoms with E-state index in [1.54, 1.807) is 4.90 Å². The summed E-state index contributed by atoms with van der Waals surface area (Å²) in [6.07, 6.45) is 0.553. The van der Waals surface area contributed by atoms with E-state index in [0.717, 1.165) is 11.1 Å². The number of carbonyl (C=O) groups is 2. The number of anilines is 1. The Kier molecular flexibility index (Phi) is 6.34. The van der Waals surface area contributed by atoms with Crippen LogP contribution < -0.4 is 10.6 Å². The molecule has 1 saturated heterocycles. The quantitative estimate of drug-likeness (QED) is 0.539. The normalized spacial score (nSPS) is 16.1. The van der Waals surface area contributed by atoms with Gasteiger partial charge >= 0.3 is 0 Å². The highest BCUT2D eigenvalue weighted by molar-refractivity contribution is 5.96. The van der Waals surface area contributed by atoms with E-state index >= 15 is 0 Å². The molecule has 0 aliphatic carbocycles. The van der Waals surface area contributed by atoms with E-state index in [9.17, 15) is 19.7 Å². The van der Waals surface area contributed by atoms with Crippen LogP contribution in [0, 0.1) is 17.0 Å². The standard InChI is InChI=1S/C22H26N4O4/c1-14(2)23-21(27)17-8-9-18(20(12-17)26(29)30)24-19-10-11-25(22(19)28)13-16-6-4-15(3)5-7-16/h4-9,12,14,19,24H,10-11,13H2,1-3H3,(H,23,27). The van der Waals surface area contributed by atoms with Crippen LogP contribution in [0.2, 0.25) is 0 Å². The minimum absolute atomic E-state index is 0.0787. The lowest BCUT2D eigenvalue weighted by atomic mass is 10.1. The number of nitrogens with one attached hydrogen (secondary N) is 2. The van der Waals surface area contributed by atoms with Crippen LogP contribution in [0.4, 0.5) is 11.4 Å². The smallest absolute Gasteiger partial charge is 0.293 e. The molecular weight excluding hydrogens is 384 g/mol. The average Bonchev–Trinajstić information content (AvgIpc) is 3.02. The molecule has 1 heterocycles. The molecule has 1 aliphatic heterocycles. The summed E-state index contributed by atoms with van der Waals surface area (Å²) in [7, 11) is 0. The zero-order valence-corrected chi connectivity index (χ0v) is 17.3. The lowest BCUT2D eigenvalue weighted by Crippen LogP contribution is -2.33. The third-order valence-corrected chi connectivity index (χ3v) is 5.00. The van der Waals surface area contributed by atoms with Gasteiger partial charge in [-0.15, -0.1) is 0 Å². The molecule has 2 N–H and O–H groups in total. The van der Waals surface area contributed by atoms with Crippen molar-refractivity contribution in [3.63, 3.8) is 0 Å². The highest BCUT2D eigenvalue weighted by atomic mass is 16.6. The second-order valence-corrected chi connectivity index (χ2v) is 7.85. The van der Waals surface area contributed by atoms with Crippen molar-refractivity contribution in [2.75, 3.05) is 11.9 Å².